The quantitative estimate of drug-likeness (QED) is 0.243. The maximum atomic E-state index is 16.0. The molecule has 6 rings (SSSR count). The first-order valence-electron chi connectivity index (χ1n) is 11.8. The lowest BCUT2D eigenvalue weighted by Crippen LogP contribution is -2.11. The lowest BCUT2D eigenvalue weighted by Gasteiger charge is -2.08. The Kier molecular flexibility index (Phi) is 5.89. The first-order valence-corrected chi connectivity index (χ1v) is 12.7. The maximum Gasteiger partial charge on any atom is 0.224 e. The number of anilines is 1. The third-order valence-electron chi connectivity index (χ3n) is 6.04. The number of carbonyl (C=O) groups is 1. The van der Waals surface area contributed by atoms with Crippen molar-refractivity contribution in [2.45, 2.75) is 26.2 Å². The summed E-state index contributed by atoms with van der Waals surface area (Å²) in [6.07, 6.45) is 8.35. The van der Waals surface area contributed by atoms with Gasteiger partial charge in [0, 0.05) is 47.1 Å². The molecule has 0 atom stereocenters. The lowest BCUT2D eigenvalue weighted by molar-refractivity contribution is -0.116. The number of unbranched alkanes of at least 4 members (excludes halogenated alkanes) is 1. The highest BCUT2D eigenvalue weighted by Gasteiger charge is 2.21. The van der Waals surface area contributed by atoms with Crippen LogP contribution in [0.2, 0.25) is 0 Å². The average Bonchev–Trinajstić information content (AvgIpc) is 3.67. The van der Waals surface area contributed by atoms with Crippen LogP contribution in [0.3, 0.4) is 0 Å². The molecule has 0 unspecified atom stereocenters. The predicted molar refractivity (Wildman–Crippen MR) is 141 cm³/mol. The van der Waals surface area contributed by atoms with Crippen LogP contribution in [-0.4, -0.2) is 41.0 Å². The molecule has 0 saturated heterocycles. The van der Waals surface area contributed by atoms with Crippen LogP contribution in [0.5, 0.6) is 0 Å². The van der Waals surface area contributed by atoms with Gasteiger partial charge < -0.3 is 10.3 Å². The van der Waals surface area contributed by atoms with Gasteiger partial charge in [-0.1, -0.05) is 13.3 Å². The van der Waals surface area contributed by atoms with Gasteiger partial charge in [-0.25, -0.2) is 14.4 Å². The number of H-pyrrole nitrogens is 2. The van der Waals surface area contributed by atoms with Crippen LogP contribution in [0.15, 0.2) is 53.7 Å². The topological polar surface area (TPSA) is 125 Å². The monoisotopic (exact) mass is 512 g/mol. The van der Waals surface area contributed by atoms with Gasteiger partial charge in [-0.2, -0.15) is 16.4 Å². The molecular weight excluding hydrogens is 491 g/mol. The van der Waals surface area contributed by atoms with Gasteiger partial charge >= 0.3 is 0 Å². The molecule has 3 N–H and O–H groups in total. The summed E-state index contributed by atoms with van der Waals surface area (Å²) in [5.41, 5.74) is 4.97. The van der Waals surface area contributed by atoms with Gasteiger partial charge in [0.1, 0.15) is 17.0 Å². The van der Waals surface area contributed by atoms with Crippen LogP contribution in [0.25, 0.3) is 56.0 Å². The van der Waals surface area contributed by atoms with Crippen LogP contribution < -0.4 is 5.32 Å². The van der Waals surface area contributed by atoms with E-state index in [1.165, 1.54) is 18.6 Å². The summed E-state index contributed by atoms with van der Waals surface area (Å²) in [6, 6.07) is 5.49. The maximum absolute atomic E-state index is 16.0. The first kappa shape index (κ1) is 22.9. The van der Waals surface area contributed by atoms with Crippen molar-refractivity contribution in [3.8, 4) is 33.9 Å². The van der Waals surface area contributed by atoms with Gasteiger partial charge in [-0.05, 0) is 30.0 Å². The average molecular weight is 513 g/mol. The van der Waals surface area contributed by atoms with Crippen molar-refractivity contribution < 1.29 is 9.18 Å². The second-order valence-corrected chi connectivity index (χ2v) is 9.33. The van der Waals surface area contributed by atoms with E-state index >= 15 is 4.39 Å². The zero-order chi connectivity index (χ0) is 25.4. The third kappa shape index (κ3) is 4.23. The van der Waals surface area contributed by atoms with E-state index in [0.717, 1.165) is 29.6 Å². The number of thiophene rings is 1. The number of amides is 1. The van der Waals surface area contributed by atoms with Crippen molar-refractivity contribution in [1.29, 1.82) is 0 Å². The molecule has 0 fully saturated rings. The number of hydrogen-bond acceptors (Lipinski definition) is 7. The Morgan fingerprint density at radius 1 is 1.14 bits per heavy atom. The van der Waals surface area contributed by atoms with Crippen LogP contribution in [0.4, 0.5) is 10.1 Å². The molecule has 0 aliphatic rings. The number of pyridine rings is 3. The second kappa shape index (κ2) is 9.51. The van der Waals surface area contributed by atoms with Crippen molar-refractivity contribution in [2.24, 2.45) is 0 Å². The summed E-state index contributed by atoms with van der Waals surface area (Å²) in [5, 5.41) is 14.1. The van der Waals surface area contributed by atoms with Crippen LogP contribution in [0, 0.1) is 5.82 Å². The zero-order valence-electron chi connectivity index (χ0n) is 19.7. The van der Waals surface area contributed by atoms with E-state index in [-0.39, 0.29) is 16.9 Å². The molecule has 6 heterocycles. The van der Waals surface area contributed by atoms with Gasteiger partial charge in [0.2, 0.25) is 5.91 Å². The SMILES string of the molecule is CCCCC(=O)Nc1cncc(-c2cnc3[nH]nc(-c4nc5c(-c6ccsc6)nccc5[nH]4)c3c2F)c1. The minimum Gasteiger partial charge on any atom is -0.336 e. The summed E-state index contributed by atoms with van der Waals surface area (Å²) in [6.45, 7) is 2.02. The summed E-state index contributed by atoms with van der Waals surface area (Å²) < 4.78 is 16.0. The number of imidazole rings is 1. The Morgan fingerprint density at radius 2 is 2.05 bits per heavy atom. The van der Waals surface area contributed by atoms with Crippen LogP contribution in [-0.2, 0) is 4.79 Å². The van der Waals surface area contributed by atoms with Crippen molar-refractivity contribution >= 4 is 45.0 Å². The highest BCUT2D eigenvalue weighted by Crippen LogP contribution is 2.34. The van der Waals surface area contributed by atoms with E-state index in [1.54, 1.807) is 23.6 Å². The standard InChI is InChI=1S/C26H21FN8OS/c1-2-3-4-19(36)31-16-9-15(10-28-11-16)17-12-30-25-20(21(17)27)24(34-35-25)26-32-18-5-7-29-22(23(18)33-26)14-6-8-37-13-14/h5-13H,2-4H2,1H3,(H,31,36)(H,32,33)(H,30,34,35). The number of carbonyl (C=O) groups excluding carboxylic acids is 1. The highest BCUT2D eigenvalue weighted by molar-refractivity contribution is 7.08. The number of hydrogen-bond donors (Lipinski definition) is 3. The van der Waals surface area contributed by atoms with Crippen molar-refractivity contribution in [3.63, 3.8) is 0 Å². The van der Waals surface area contributed by atoms with Crippen molar-refractivity contribution in [1.82, 2.24) is 35.1 Å². The van der Waals surface area contributed by atoms with Gasteiger partial charge in [-0.3, -0.25) is 19.9 Å². The fraction of sp³-hybridized carbons (Fsp3) is 0.154. The van der Waals surface area contributed by atoms with E-state index in [2.05, 4.69) is 35.5 Å². The van der Waals surface area contributed by atoms with Gasteiger partial charge in [-0.15, -0.1) is 0 Å². The van der Waals surface area contributed by atoms with Crippen LogP contribution in [0.1, 0.15) is 26.2 Å². The lowest BCUT2D eigenvalue weighted by atomic mass is 10.1. The summed E-state index contributed by atoms with van der Waals surface area (Å²) in [7, 11) is 0. The smallest absolute Gasteiger partial charge is 0.224 e. The van der Waals surface area contributed by atoms with Gasteiger partial charge in [0.25, 0.3) is 0 Å². The summed E-state index contributed by atoms with van der Waals surface area (Å²) >= 11 is 1.58. The molecular formula is C26H21FN8OS. The molecule has 6 aromatic heterocycles. The fourth-order valence-corrected chi connectivity index (χ4v) is 4.84. The number of aromatic nitrogens is 7. The van der Waals surface area contributed by atoms with Gasteiger partial charge in [0.05, 0.1) is 28.5 Å². The predicted octanol–water partition coefficient (Wildman–Crippen LogP) is 5.95. The third-order valence-corrected chi connectivity index (χ3v) is 6.72. The Hall–Kier alpha value is -4.51. The Balaban J connectivity index is 1.41. The molecule has 0 aliphatic carbocycles. The molecule has 0 aromatic carbocycles. The number of nitrogens with one attached hydrogen (secondary N) is 3. The number of halogens is 1. The first-order chi connectivity index (χ1) is 18.1. The van der Waals surface area contributed by atoms with E-state index in [1.807, 2.05) is 29.8 Å². The number of aromatic amines is 2. The molecule has 184 valence electrons. The number of fused-ring (bicyclic) bond motifs is 2. The van der Waals surface area contributed by atoms with E-state index in [9.17, 15) is 4.79 Å². The molecule has 37 heavy (non-hydrogen) atoms. The molecule has 0 aliphatic heterocycles. The highest BCUT2D eigenvalue weighted by atomic mass is 32.1. The van der Waals surface area contributed by atoms with E-state index < -0.39 is 5.82 Å². The molecule has 6 aromatic rings. The number of rotatable bonds is 7. The van der Waals surface area contributed by atoms with E-state index in [4.69, 9.17) is 4.98 Å². The molecule has 0 spiro atoms. The van der Waals surface area contributed by atoms with Crippen molar-refractivity contribution in [3.05, 3.63) is 59.6 Å². The fourth-order valence-electron chi connectivity index (χ4n) is 4.20. The van der Waals surface area contributed by atoms with Crippen molar-refractivity contribution in [2.75, 3.05) is 5.32 Å². The normalized spacial score (nSPS) is 11.4. The molecule has 0 radical (unpaired) electrons. The van der Waals surface area contributed by atoms with Gasteiger partial charge in [0.15, 0.2) is 11.5 Å². The molecule has 1 amide bonds. The number of nitrogens with zero attached hydrogens (tertiary/aromatic N) is 5. The molecule has 9 nitrogen and oxygen atoms in total. The minimum absolute atomic E-state index is 0.104. The van der Waals surface area contributed by atoms with E-state index in [0.29, 0.717) is 40.4 Å². The molecule has 0 bridgehead atoms. The zero-order valence-corrected chi connectivity index (χ0v) is 20.6. The Labute approximate surface area is 214 Å². The molecule has 0 saturated carbocycles. The summed E-state index contributed by atoms with van der Waals surface area (Å²) in [5.74, 6) is -0.214. The van der Waals surface area contributed by atoms with Crippen LogP contribution >= 0.6 is 11.3 Å². The second-order valence-electron chi connectivity index (χ2n) is 8.55. The largest absolute Gasteiger partial charge is 0.336 e. The Morgan fingerprint density at radius 3 is 2.89 bits per heavy atom. The minimum atomic E-state index is -0.512. The summed E-state index contributed by atoms with van der Waals surface area (Å²) in [4.78, 5) is 33.2. The Bertz CT molecular complexity index is 1740. The molecule has 11 heteroatoms.